The van der Waals surface area contributed by atoms with Crippen molar-refractivity contribution < 1.29 is 4.74 Å². The Morgan fingerprint density at radius 1 is 1.11 bits per heavy atom. The highest BCUT2D eigenvalue weighted by atomic mass is 16.5. The topological polar surface area (TPSA) is 21.3 Å². The van der Waals surface area contributed by atoms with Gasteiger partial charge in [-0.15, -0.1) is 0 Å². The van der Waals surface area contributed by atoms with Crippen LogP contribution in [0.15, 0.2) is 55.3 Å². The zero-order valence-electron chi connectivity index (χ0n) is 10.6. The van der Waals surface area contributed by atoms with Gasteiger partial charge in [-0.05, 0) is 29.3 Å². The van der Waals surface area contributed by atoms with E-state index in [-0.39, 0.29) is 0 Å². The second-order valence-corrected chi connectivity index (χ2v) is 4.21. The summed E-state index contributed by atoms with van der Waals surface area (Å²) >= 11 is 0. The normalized spacial score (nSPS) is 10.4. The van der Waals surface area contributed by atoms with Crippen molar-refractivity contribution in [1.29, 1.82) is 0 Å². The van der Waals surface area contributed by atoms with Gasteiger partial charge in [0.25, 0.3) is 0 Å². The Morgan fingerprint density at radius 2 is 1.94 bits per heavy atom. The van der Waals surface area contributed by atoms with Crippen LogP contribution in [-0.4, -0.2) is 13.2 Å². The first-order valence-corrected chi connectivity index (χ1v) is 6.31. The Labute approximate surface area is 108 Å². The van der Waals surface area contributed by atoms with Gasteiger partial charge in [-0.3, -0.25) is 0 Å². The van der Waals surface area contributed by atoms with Gasteiger partial charge in [0.1, 0.15) is 0 Å². The third-order valence-electron chi connectivity index (χ3n) is 2.93. The number of benzene rings is 2. The Morgan fingerprint density at radius 3 is 2.83 bits per heavy atom. The molecule has 0 atom stereocenters. The average Bonchev–Trinajstić information content (AvgIpc) is 2.43. The molecule has 0 fully saturated rings. The van der Waals surface area contributed by atoms with Gasteiger partial charge in [0, 0.05) is 6.54 Å². The number of nitrogens with one attached hydrogen (secondary N) is 1. The molecule has 0 aliphatic carbocycles. The number of fused-ring (bicyclic) bond motifs is 1. The predicted molar refractivity (Wildman–Crippen MR) is 76.4 cm³/mol. The lowest BCUT2D eigenvalue weighted by atomic mass is 10.0. The van der Waals surface area contributed by atoms with Crippen LogP contribution in [0.2, 0.25) is 0 Å². The van der Waals surface area contributed by atoms with Crippen molar-refractivity contribution in [3.8, 4) is 0 Å². The summed E-state index contributed by atoms with van der Waals surface area (Å²) in [6.07, 6.45) is 2.49. The molecule has 94 valence electrons. The molecule has 18 heavy (non-hydrogen) atoms. The van der Waals surface area contributed by atoms with E-state index in [2.05, 4.69) is 54.4 Å². The molecule has 1 N–H and O–H groups in total. The maximum absolute atomic E-state index is 5.08. The predicted octanol–water partition coefficient (Wildman–Crippen LogP) is 3.48. The van der Waals surface area contributed by atoms with E-state index >= 15 is 0 Å². The summed E-state index contributed by atoms with van der Waals surface area (Å²) in [5.41, 5.74) is 1.35. The first kappa shape index (κ1) is 12.7. The molecule has 0 bridgehead atoms. The molecule has 2 aromatic carbocycles. The molecule has 0 heterocycles. The van der Waals surface area contributed by atoms with Crippen LogP contribution >= 0.6 is 0 Å². The van der Waals surface area contributed by atoms with Gasteiger partial charge >= 0.3 is 0 Å². The third-order valence-corrected chi connectivity index (χ3v) is 2.93. The molecule has 2 aromatic rings. The minimum absolute atomic E-state index is 0.728. The summed E-state index contributed by atoms with van der Waals surface area (Å²) in [6.45, 7) is 6.10. The maximum Gasteiger partial charge on any atom is 0.0885 e. The molecule has 0 unspecified atom stereocenters. The molecular weight excluding hydrogens is 222 g/mol. The Hall–Kier alpha value is -1.80. The highest BCUT2D eigenvalue weighted by molar-refractivity contribution is 5.85. The largest absolute Gasteiger partial charge is 0.502 e. The maximum atomic E-state index is 5.08. The van der Waals surface area contributed by atoms with Crippen LogP contribution in [0, 0.1) is 0 Å². The molecule has 0 spiro atoms. The lowest BCUT2D eigenvalue weighted by Crippen LogP contribution is -2.16. The van der Waals surface area contributed by atoms with E-state index in [1.54, 1.807) is 0 Å². The fourth-order valence-electron chi connectivity index (χ4n) is 2.03. The van der Waals surface area contributed by atoms with Gasteiger partial charge in [0.05, 0.1) is 12.9 Å². The van der Waals surface area contributed by atoms with Crippen LogP contribution in [0.5, 0.6) is 0 Å². The van der Waals surface area contributed by atoms with Crippen molar-refractivity contribution in [3.63, 3.8) is 0 Å². The molecule has 0 saturated carbocycles. The second-order valence-electron chi connectivity index (χ2n) is 4.21. The molecule has 0 aromatic heterocycles. The first-order chi connectivity index (χ1) is 8.92. The van der Waals surface area contributed by atoms with Crippen LogP contribution in [0.3, 0.4) is 0 Å². The second kappa shape index (κ2) is 6.82. The number of ether oxygens (including phenoxy) is 1. The van der Waals surface area contributed by atoms with Crippen molar-refractivity contribution in [2.24, 2.45) is 0 Å². The number of rotatable bonds is 7. The zero-order valence-corrected chi connectivity index (χ0v) is 10.6. The lowest BCUT2D eigenvalue weighted by Gasteiger charge is -2.08. The fraction of sp³-hybridized carbons (Fsp3) is 0.250. The summed E-state index contributed by atoms with van der Waals surface area (Å²) < 4.78 is 5.08. The summed E-state index contributed by atoms with van der Waals surface area (Å²) in [7, 11) is 0. The molecule has 0 radical (unpaired) electrons. The summed E-state index contributed by atoms with van der Waals surface area (Å²) in [6, 6.07) is 14.9. The van der Waals surface area contributed by atoms with Gasteiger partial charge in [-0.2, -0.15) is 0 Å². The molecule has 0 saturated heterocycles. The van der Waals surface area contributed by atoms with E-state index in [1.807, 2.05) is 0 Å². The van der Waals surface area contributed by atoms with Crippen molar-refractivity contribution in [2.45, 2.75) is 13.0 Å². The number of hydrogen-bond donors (Lipinski definition) is 1. The highest BCUT2D eigenvalue weighted by Crippen LogP contribution is 2.17. The van der Waals surface area contributed by atoms with Crippen LogP contribution in [0.25, 0.3) is 10.8 Å². The quantitative estimate of drug-likeness (QED) is 0.592. The zero-order chi connectivity index (χ0) is 12.6. The van der Waals surface area contributed by atoms with Crippen LogP contribution in [0.1, 0.15) is 12.0 Å². The third kappa shape index (κ3) is 3.34. The minimum Gasteiger partial charge on any atom is -0.502 e. The van der Waals surface area contributed by atoms with E-state index < -0.39 is 0 Å². The Kier molecular flexibility index (Phi) is 4.79. The van der Waals surface area contributed by atoms with E-state index in [0.717, 1.165) is 26.1 Å². The van der Waals surface area contributed by atoms with Crippen molar-refractivity contribution >= 4 is 10.8 Å². The summed E-state index contributed by atoms with van der Waals surface area (Å²) in [5.74, 6) is 0. The van der Waals surface area contributed by atoms with Crippen LogP contribution in [0.4, 0.5) is 0 Å². The molecule has 0 aliphatic heterocycles. The van der Waals surface area contributed by atoms with E-state index in [1.165, 1.54) is 22.6 Å². The van der Waals surface area contributed by atoms with Crippen molar-refractivity contribution in [3.05, 3.63) is 60.9 Å². The van der Waals surface area contributed by atoms with Gasteiger partial charge in [-0.1, -0.05) is 49.0 Å². The standard InChI is InChI=1S/C16H19NO/c1-2-18-12-6-11-17-13-15-9-5-8-14-7-3-4-10-16(14)15/h2-5,7-10,17H,1,6,11-13H2. The van der Waals surface area contributed by atoms with Gasteiger partial charge in [-0.25, -0.2) is 0 Å². The molecule has 2 nitrogen and oxygen atoms in total. The average molecular weight is 241 g/mol. The SMILES string of the molecule is C=COCCCNCc1cccc2ccccc12. The van der Waals surface area contributed by atoms with Crippen LogP contribution < -0.4 is 5.32 Å². The molecule has 2 heteroatoms. The highest BCUT2D eigenvalue weighted by Gasteiger charge is 1.99. The van der Waals surface area contributed by atoms with E-state index in [4.69, 9.17) is 4.74 Å². The lowest BCUT2D eigenvalue weighted by molar-refractivity contribution is 0.244. The Bertz CT molecular complexity index is 502. The molecule has 0 aliphatic rings. The van der Waals surface area contributed by atoms with E-state index in [9.17, 15) is 0 Å². The molecule has 0 amide bonds. The Balaban J connectivity index is 1.89. The number of hydrogen-bond acceptors (Lipinski definition) is 2. The van der Waals surface area contributed by atoms with Crippen molar-refractivity contribution in [1.82, 2.24) is 5.32 Å². The molecular formula is C16H19NO. The monoisotopic (exact) mass is 241 g/mol. The minimum atomic E-state index is 0.728. The smallest absolute Gasteiger partial charge is 0.0885 e. The van der Waals surface area contributed by atoms with E-state index in [0.29, 0.717) is 0 Å². The first-order valence-electron chi connectivity index (χ1n) is 6.31. The summed E-state index contributed by atoms with van der Waals surface area (Å²) in [5, 5.41) is 6.06. The van der Waals surface area contributed by atoms with Gasteiger partial charge in [0.15, 0.2) is 0 Å². The summed E-state index contributed by atoms with van der Waals surface area (Å²) in [4.78, 5) is 0. The van der Waals surface area contributed by atoms with Crippen LogP contribution in [-0.2, 0) is 11.3 Å². The fourth-order valence-corrected chi connectivity index (χ4v) is 2.03. The van der Waals surface area contributed by atoms with Crippen molar-refractivity contribution in [2.75, 3.05) is 13.2 Å². The van der Waals surface area contributed by atoms with Gasteiger partial charge in [0.2, 0.25) is 0 Å². The molecule has 2 rings (SSSR count). The van der Waals surface area contributed by atoms with Gasteiger partial charge < -0.3 is 10.1 Å².